The van der Waals surface area contributed by atoms with E-state index in [9.17, 15) is 13.2 Å². The van der Waals surface area contributed by atoms with E-state index in [1.807, 2.05) is 6.92 Å². The van der Waals surface area contributed by atoms with Gasteiger partial charge in [-0.05, 0) is 42.3 Å². The summed E-state index contributed by atoms with van der Waals surface area (Å²) in [6.07, 6.45) is 0.812. The molecule has 0 saturated carbocycles. The van der Waals surface area contributed by atoms with Gasteiger partial charge in [-0.1, -0.05) is 30.7 Å². The Labute approximate surface area is 133 Å². The lowest BCUT2D eigenvalue weighted by atomic mass is 10.2. The molecule has 0 fully saturated rings. The van der Waals surface area contributed by atoms with Crippen LogP contribution >= 0.6 is 11.6 Å². The van der Waals surface area contributed by atoms with Gasteiger partial charge in [0.2, 0.25) is 0 Å². The summed E-state index contributed by atoms with van der Waals surface area (Å²) in [5, 5.41) is 9.05. The monoisotopic (exact) mass is 339 g/mol. The number of carboxylic acids is 1. The van der Waals surface area contributed by atoms with Crippen LogP contribution in [0.25, 0.3) is 0 Å². The highest BCUT2D eigenvalue weighted by molar-refractivity contribution is 7.92. The van der Waals surface area contributed by atoms with E-state index in [2.05, 4.69) is 4.72 Å². The summed E-state index contributed by atoms with van der Waals surface area (Å²) < 4.78 is 26.9. The summed E-state index contributed by atoms with van der Waals surface area (Å²) in [6, 6.07) is 10.4. The fraction of sp³-hybridized carbons (Fsp3) is 0.133. The number of halogens is 1. The number of hydrogen-bond donors (Lipinski definition) is 2. The van der Waals surface area contributed by atoms with Crippen molar-refractivity contribution in [2.24, 2.45) is 0 Å². The Morgan fingerprint density at radius 3 is 2.36 bits per heavy atom. The average Bonchev–Trinajstić information content (AvgIpc) is 2.48. The molecule has 22 heavy (non-hydrogen) atoms. The molecule has 116 valence electrons. The zero-order valence-electron chi connectivity index (χ0n) is 11.7. The van der Waals surface area contributed by atoms with Crippen molar-refractivity contribution in [3.05, 3.63) is 58.6 Å². The predicted molar refractivity (Wildman–Crippen MR) is 85.0 cm³/mol. The Bertz CT molecular complexity index is 801. The van der Waals surface area contributed by atoms with E-state index in [1.54, 1.807) is 12.1 Å². The van der Waals surface area contributed by atoms with E-state index in [-0.39, 0.29) is 21.2 Å². The third kappa shape index (κ3) is 3.58. The molecule has 0 unspecified atom stereocenters. The van der Waals surface area contributed by atoms with Crippen molar-refractivity contribution in [3.8, 4) is 0 Å². The second-order valence-corrected chi connectivity index (χ2v) is 6.69. The molecular formula is C15H14ClNO4S. The van der Waals surface area contributed by atoms with Crippen molar-refractivity contribution in [1.82, 2.24) is 0 Å². The number of aryl methyl sites for hydroxylation is 1. The lowest BCUT2D eigenvalue weighted by Crippen LogP contribution is -2.13. The molecule has 0 aliphatic carbocycles. The zero-order chi connectivity index (χ0) is 16.3. The highest BCUT2D eigenvalue weighted by atomic mass is 35.5. The van der Waals surface area contributed by atoms with Gasteiger partial charge in [0, 0.05) is 5.69 Å². The number of anilines is 1. The third-order valence-electron chi connectivity index (χ3n) is 3.09. The summed E-state index contributed by atoms with van der Waals surface area (Å²) in [6.45, 7) is 1.98. The number of benzene rings is 2. The molecule has 7 heteroatoms. The number of nitrogens with one attached hydrogen (secondary N) is 1. The van der Waals surface area contributed by atoms with E-state index in [0.717, 1.165) is 12.0 Å². The fourth-order valence-corrected chi connectivity index (χ4v) is 3.12. The van der Waals surface area contributed by atoms with Crippen molar-refractivity contribution in [2.45, 2.75) is 18.2 Å². The maximum absolute atomic E-state index is 12.3. The van der Waals surface area contributed by atoms with Gasteiger partial charge >= 0.3 is 5.97 Å². The van der Waals surface area contributed by atoms with Crippen molar-refractivity contribution < 1.29 is 18.3 Å². The minimum atomic E-state index is -3.78. The molecule has 2 aromatic rings. The van der Waals surface area contributed by atoms with Crippen molar-refractivity contribution >= 4 is 33.3 Å². The SMILES string of the molecule is CCc1ccc(S(=O)(=O)Nc2ccc(Cl)c(C(=O)O)c2)cc1. The van der Waals surface area contributed by atoms with Gasteiger partial charge in [0.25, 0.3) is 10.0 Å². The predicted octanol–water partition coefficient (Wildman–Crippen LogP) is 3.40. The molecule has 2 N–H and O–H groups in total. The first-order chi connectivity index (χ1) is 10.3. The number of rotatable bonds is 5. The second-order valence-electron chi connectivity index (χ2n) is 4.60. The van der Waals surface area contributed by atoms with Crippen LogP contribution in [0.5, 0.6) is 0 Å². The van der Waals surface area contributed by atoms with Crippen LogP contribution in [0.15, 0.2) is 47.4 Å². The first-order valence-electron chi connectivity index (χ1n) is 6.48. The number of sulfonamides is 1. The Hall–Kier alpha value is -2.05. The molecule has 0 aliphatic rings. The van der Waals surface area contributed by atoms with E-state index < -0.39 is 16.0 Å². The topological polar surface area (TPSA) is 83.5 Å². The van der Waals surface area contributed by atoms with Crippen molar-refractivity contribution in [1.29, 1.82) is 0 Å². The van der Waals surface area contributed by atoms with E-state index >= 15 is 0 Å². The number of hydrogen-bond acceptors (Lipinski definition) is 3. The summed E-state index contributed by atoms with van der Waals surface area (Å²) in [4.78, 5) is 11.1. The Balaban J connectivity index is 2.32. The Morgan fingerprint density at radius 1 is 1.18 bits per heavy atom. The van der Waals surface area contributed by atoms with Gasteiger partial charge in [0.1, 0.15) is 0 Å². The van der Waals surface area contributed by atoms with Gasteiger partial charge in [-0.25, -0.2) is 13.2 Å². The highest BCUT2D eigenvalue weighted by Gasteiger charge is 2.16. The first kappa shape index (κ1) is 16.3. The molecule has 0 spiro atoms. The molecule has 0 aliphatic heterocycles. The van der Waals surface area contributed by atoms with Crippen LogP contribution in [0, 0.1) is 0 Å². The van der Waals surface area contributed by atoms with Crippen molar-refractivity contribution in [3.63, 3.8) is 0 Å². The maximum Gasteiger partial charge on any atom is 0.337 e. The minimum Gasteiger partial charge on any atom is -0.478 e. The molecular weight excluding hydrogens is 326 g/mol. The summed E-state index contributed by atoms with van der Waals surface area (Å²) in [7, 11) is -3.78. The maximum atomic E-state index is 12.3. The Kier molecular flexibility index (Phi) is 4.73. The van der Waals surface area contributed by atoms with Gasteiger partial charge in [0.15, 0.2) is 0 Å². The third-order valence-corrected chi connectivity index (χ3v) is 4.82. The smallest absolute Gasteiger partial charge is 0.337 e. The van der Waals surface area contributed by atoms with Gasteiger partial charge < -0.3 is 5.11 Å². The molecule has 5 nitrogen and oxygen atoms in total. The number of aromatic carboxylic acids is 1. The molecule has 0 saturated heterocycles. The van der Waals surface area contributed by atoms with Crippen LogP contribution in [0.2, 0.25) is 5.02 Å². The summed E-state index contributed by atoms with van der Waals surface area (Å²) in [5.74, 6) is -1.22. The molecule has 0 aromatic heterocycles. The van der Waals surface area contributed by atoms with Gasteiger partial charge in [-0.3, -0.25) is 4.72 Å². The minimum absolute atomic E-state index is 0.0442. The molecule has 2 rings (SSSR count). The fourth-order valence-electron chi connectivity index (χ4n) is 1.87. The van der Waals surface area contributed by atoms with E-state index in [0.29, 0.717) is 0 Å². The quantitative estimate of drug-likeness (QED) is 0.874. The first-order valence-corrected chi connectivity index (χ1v) is 8.34. The highest BCUT2D eigenvalue weighted by Crippen LogP contribution is 2.23. The molecule has 0 heterocycles. The van der Waals surface area contributed by atoms with E-state index in [1.165, 1.54) is 30.3 Å². The lowest BCUT2D eigenvalue weighted by molar-refractivity contribution is 0.0697. The molecule has 0 atom stereocenters. The summed E-state index contributed by atoms with van der Waals surface area (Å²) in [5.41, 5.74) is 1.00. The van der Waals surface area contributed by atoms with Gasteiger partial charge in [-0.15, -0.1) is 0 Å². The second kappa shape index (κ2) is 6.37. The lowest BCUT2D eigenvalue weighted by Gasteiger charge is -2.10. The molecule has 0 radical (unpaired) electrons. The average molecular weight is 340 g/mol. The van der Waals surface area contributed by atoms with Crippen LogP contribution in [0.4, 0.5) is 5.69 Å². The summed E-state index contributed by atoms with van der Waals surface area (Å²) >= 11 is 5.75. The standard InChI is InChI=1S/C15H14ClNO4S/c1-2-10-3-6-12(7-4-10)22(20,21)17-11-5-8-14(16)13(9-11)15(18)19/h3-9,17H,2H2,1H3,(H,18,19). The largest absolute Gasteiger partial charge is 0.478 e. The van der Waals surface area contributed by atoms with E-state index in [4.69, 9.17) is 16.7 Å². The van der Waals surface area contributed by atoms with Crippen LogP contribution in [-0.4, -0.2) is 19.5 Å². The molecule has 0 bridgehead atoms. The van der Waals surface area contributed by atoms with Gasteiger partial charge in [0.05, 0.1) is 15.5 Å². The van der Waals surface area contributed by atoms with Crippen LogP contribution in [0.3, 0.4) is 0 Å². The Morgan fingerprint density at radius 2 is 1.82 bits per heavy atom. The van der Waals surface area contributed by atoms with Crippen molar-refractivity contribution in [2.75, 3.05) is 4.72 Å². The molecule has 2 aromatic carbocycles. The normalized spacial score (nSPS) is 11.2. The van der Waals surface area contributed by atoms with Gasteiger partial charge in [-0.2, -0.15) is 0 Å². The van der Waals surface area contributed by atoms with Crippen LogP contribution in [0.1, 0.15) is 22.8 Å². The number of carboxylic acid groups (broad SMARTS) is 1. The zero-order valence-corrected chi connectivity index (χ0v) is 13.3. The van der Waals surface area contributed by atoms with Crippen LogP contribution in [-0.2, 0) is 16.4 Å². The number of carbonyl (C=O) groups is 1. The molecule has 0 amide bonds. The van der Waals surface area contributed by atoms with Crippen LogP contribution < -0.4 is 4.72 Å².